The van der Waals surface area contributed by atoms with E-state index < -0.39 is 58.7 Å². The molecule has 1 fully saturated rings. The molecule has 1 unspecified atom stereocenters. The van der Waals surface area contributed by atoms with E-state index in [4.69, 9.17) is 9.47 Å². The number of β-lactam (4-membered cyclic amide) rings is 1. The lowest BCUT2D eigenvalue weighted by Gasteiger charge is -2.43. The van der Waals surface area contributed by atoms with Gasteiger partial charge in [-0.25, -0.2) is 4.79 Å². The first-order chi connectivity index (χ1) is 15.3. The third kappa shape index (κ3) is 7.26. The Bertz CT molecular complexity index is 923. The van der Waals surface area contributed by atoms with Gasteiger partial charge < -0.3 is 20.1 Å². The zero-order valence-electron chi connectivity index (χ0n) is 19.2. The molecule has 0 aliphatic carbocycles. The second-order valence-electron chi connectivity index (χ2n) is 9.01. The predicted molar refractivity (Wildman–Crippen MR) is 116 cm³/mol. The molecule has 0 aromatic heterocycles. The Balaban J connectivity index is 1.86. The highest BCUT2D eigenvalue weighted by molar-refractivity contribution is 5.98. The smallest absolute Gasteiger partial charge is 0.407 e. The van der Waals surface area contributed by atoms with E-state index in [0.717, 1.165) is 0 Å². The number of alkyl carbamates (subject to hydrolysis) is 1. The van der Waals surface area contributed by atoms with E-state index >= 15 is 0 Å². The van der Waals surface area contributed by atoms with Crippen molar-refractivity contribution >= 4 is 29.4 Å². The lowest BCUT2D eigenvalue weighted by atomic mass is 9.76. The highest BCUT2D eigenvalue weighted by atomic mass is 16.6. The molecule has 11 heteroatoms. The second kappa shape index (κ2) is 10.4. The Morgan fingerprint density at radius 2 is 1.79 bits per heavy atom. The van der Waals surface area contributed by atoms with Crippen LogP contribution in [0.4, 0.5) is 10.5 Å². The van der Waals surface area contributed by atoms with Gasteiger partial charge in [0, 0.05) is 24.1 Å². The van der Waals surface area contributed by atoms with Crippen LogP contribution in [0.25, 0.3) is 0 Å². The summed E-state index contributed by atoms with van der Waals surface area (Å²) in [4.78, 5) is 58.8. The number of rotatable bonds is 9. The van der Waals surface area contributed by atoms with Crippen LogP contribution < -0.4 is 10.6 Å². The molecule has 1 aliphatic rings. The maximum absolute atomic E-state index is 12.6. The zero-order chi connectivity index (χ0) is 24.9. The van der Waals surface area contributed by atoms with Gasteiger partial charge in [-0.05, 0) is 45.4 Å². The summed E-state index contributed by atoms with van der Waals surface area (Å²) in [5, 5.41) is 15.9. The highest BCUT2D eigenvalue weighted by Gasteiger charge is 2.48. The number of benzene rings is 1. The SMILES string of the molecule is CC(C(=O)CC(=O)OCc1ccc([N+](=O)[O-])cc1)[C@H]1NC(=O)[C@@H]1[C@@H](C)NC(=O)OC(C)(C)C. The Morgan fingerprint density at radius 3 is 2.30 bits per heavy atom. The largest absolute Gasteiger partial charge is 0.460 e. The number of non-ortho nitro benzene ring substituents is 1. The number of nitrogens with zero attached hydrogens (tertiary/aromatic N) is 1. The van der Waals surface area contributed by atoms with E-state index in [0.29, 0.717) is 5.56 Å². The molecule has 11 nitrogen and oxygen atoms in total. The molecule has 1 aromatic carbocycles. The minimum absolute atomic E-state index is 0.0819. The van der Waals surface area contributed by atoms with Crippen molar-refractivity contribution in [3.8, 4) is 0 Å². The molecule has 2 amide bonds. The molecule has 0 radical (unpaired) electrons. The summed E-state index contributed by atoms with van der Waals surface area (Å²) >= 11 is 0. The van der Waals surface area contributed by atoms with Crippen LogP contribution >= 0.6 is 0 Å². The van der Waals surface area contributed by atoms with Crippen molar-refractivity contribution in [2.24, 2.45) is 11.8 Å². The number of nitro benzene ring substituents is 1. The monoisotopic (exact) mass is 463 g/mol. The normalized spacial score (nSPS) is 19.4. The van der Waals surface area contributed by atoms with Gasteiger partial charge in [-0.3, -0.25) is 24.5 Å². The van der Waals surface area contributed by atoms with Crippen molar-refractivity contribution in [2.75, 3.05) is 0 Å². The molecular formula is C22H29N3O8. The van der Waals surface area contributed by atoms with E-state index in [-0.39, 0.29) is 18.2 Å². The molecule has 33 heavy (non-hydrogen) atoms. The number of ether oxygens (including phenoxy) is 2. The number of Topliss-reactive ketones (excluding diaryl/α,β-unsaturated/α-hetero) is 1. The molecule has 1 aromatic rings. The van der Waals surface area contributed by atoms with Gasteiger partial charge in [-0.2, -0.15) is 0 Å². The number of esters is 1. The fourth-order valence-electron chi connectivity index (χ4n) is 3.41. The number of ketones is 1. The van der Waals surface area contributed by atoms with Crippen LogP contribution in [0.15, 0.2) is 24.3 Å². The van der Waals surface area contributed by atoms with Crippen LogP contribution in [0, 0.1) is 22.0 Å². The summed E-state index contributed by atoms with van der Waals surface area (Å²) in [5.41, 5.74) is -0.229. The number of nitrogens with one attached hydrogen (secondary N) is 2. The Labute approximate surface area is 191 Å². The van der Waals surface area contributed by atoms with E-state index in [9.17, 15) is 29.3 Å². The number of hydrogen-bond acceptors (Lipinski definition) is 8. The fourth-order valence-corrected chi connectivity index (χ4v) is 3.41. The first kappa shape index (κ1) is 25.8. The van der Waals surface area contributed by atoms with Crippen molar-refractivity contribution < 1.29 is 33.6 Å². The van der Waals surface area contributed by atoms with Crippen LogP contribution in [-0.4, -0.2) is 46.4 Å². The molecule has 0 spiro atoms. The zero-order valence-corrected chi connectivity index (χ0v) is 19.2. The fraction of sp³-hybridized carbons (Fsp3) is 0.545. The quantitative estimate of drug-likeness (QED) is 0.186. The number of hydrogen-bond donors (Lipinski definition) is 2. The second-order valence-corrected chi connectivity index (χ2v) is 9.01. The molecule has 0 saturated carbocycles. The summed E-state index contributed by atoms with van der Waals surface area (Å²) in [6.45, 7) is 8.28. The number of carbonyl (C=O) groups is 4. The van der Waals surface area contributed by atoms with Crippen molar-refractivity contribution in [2.45, 2.75) is 65.3 Å². The first-order valence-electron chi connectivity index (χ1n) is 10.5. The van der Waals surface area contributed by atoms with Gasteiger partial charge in [-0.15, -0.1) is 0 Å². The van der Waals surface area contributed by atoms with Crippen molar-refractivity contribution in [1.82, 2.24) is 10.6 Å². The van der Waals surface area contributed by atoms with E-state index in [1.54, 1.807) is 34.6 Å². The van der Waals surface area contributed by atoms with Crippen molar-refractivity contribution in [3.05, 3.63) is 39.9 Å². The maximum Gasteiger partial charge on any atom is 0.407 e. The molecule has 4 atom stereocenters. The Kier molecular flexibility index (Phi) is 8.13. The molecule has 1 saturated heterocycles. The summed E-state index contributed by atoms with van der Waals surface area (Å²) < 4.78 is 10.3. The summed E-state index contributed by atoms with van der Waals surface area (Å²) in [7, 11) is 0. The average Bonchev–Trinajstić information content (AvgIpc) is 2.68. The van der Waals surface area contributed by atoms with Crippen LogP contribution in [0.3, 0.4) is 0 Å². The highest BCUT2D eigenvalue weighted by Crippen LogP contribution is 2.27. The summed E-state index contributed by atoms with van der Waals surface area (Å²) in [6, 6.07) is 4.39. The van der Waals surface area contributed by atoms with Gasteiger partial charge in [0.1, 0.15) is 24.4 Å². The molecule has 180 valence electrons. The lowest BCUT2D eigenvalue weighted by molar-refractivity contribution is -0.384. The Hall–Kier alpha value is -3.50. The van der Waals surface area contributed by atoms with Gasteiger partial charge in [0.15, 0.2) is 0 Å². The number of amides is 2. The van der Waals surface area contributed by atoms with Crippen LogP contribution in [0.5, 0.6) is 0 Å². The summed E-state index contributed by atoms with van der Waals surface area (Å²) in [5.74, 6) is -2.78. The van der Waals surface area contributed by atoms with Gasteiger partial charge in [-0.1, -0.05) is 6.92 Å². The van der Waals surface area contributed by atoms with Gasteiger partial charge >= 0.3 is 12.1 Å². The number of carbonyl (C=O) groups excluding carboxylic acids is 4. The summed E-state index contributed by atoms with van der Waals surface area (Å²) in [6.07, 6.45) is -1.15. The average molecular weight is 463 g/mol. The number of nitro groups is 1. The molecule has 1 heterocycles. The van der Waals surface area contributed by atoms with Crippen LogP contribution in [0.1, 0.15) is 46.6 Å². The van der Waals surface area contributed by atoms with Gasteiger partial charge in [0.2, 0.25) is 5.91 Å². The molecular weight excluding hydrogens is 434 g/mol. The topological polar surface area (TPSA) is 154 Å². The molecule has 1 aliphatic heterocycles. The van der Waals surface area contributed by atoms with Crippen molar-refractivity contribution in [1.29, 1.82) is 0 Å². The van der Waals surface area contributed by atoms with E-state index in [1.165, 1.54) is 24.3 Å². The lowest BCUT2D eigenvalue weighted by Crippen LogP contribution is -2.67. The molecule has 2 N–H and O–H groups in total. The van der Waals surface area contributed by atoms with E-state index in [1.807, 2.05) is 0 Å². The van der Waals surface area contributed by atoms with Gasteiger partial charge in [0.25, 0.3) is 5.69 Å². The standard InChI is InChI=1S/C22H29N3O8/c1-12(19-18(20(28)24-19)13(2)23-21(29)33-22(3,4)5)16(26)10-17(27)32-11-14-6-8-15(9-7-14)25(30)31/h6-9,12-13,18-19H,10-11H2,1-5H3,(H,23,29)(H,24,28)/t12?,13-,18-,19-/m1/s1. The van der Waals surface area contributed by atoms with Crippen molar-refractivity contribution in [3.63, 3.8) is 0 Å². The molecule has 0 bridgehead atoms. The third-order valence-electron chi connectivity index (χ3n) is 5.19. The predicted octanol–water partition coefficient (Wildman–Crippen LogP) is 2.26. The van der Waals surface area contributed by atoms with E-state index in [2.05, 4.69) is 10.6 Å². The first-order valence-corrected chi connectivity index (χ1v) is 10.5. The van der Waals surface area contributed by atoms with Gasteiger partial charge in [0.05, 0.1) is 16.9 Å². The van der Waals surface area contributed by atoms with Crippen LogP contribution in [-0.2, 0) is 30.5 Å². The van der Waals surface area contributed by atoms with Crippen LogP contribution in [0.2, 0.25) is 0 Å². The Morgan fingerprint density at radius 1 is 1.18 bits per heavy atom. The minimum atomic E-state index is -0.743. The maximum atomic E-state index is 12.6. The minimum Gasteiger partial charge on any atom is -0.460 e. The molecule has 2 rings (SSSR count). The third-order valence-corrected chi connectivity index (χ3v) is 5.19.